The molecule has 1 unspecified atom stereocenters. The minimum Gasteiger partial charge on any atom is -0.476 e. The van der Waals surface area contributed by atoms with Crippen LogP contribution in [0.5, 0.6) is 0 Å². The Morgan fingerprint density at radius 1 is 1.50 bits per heavy atom. The van der Waals surface area contributed by atoms with Gasteiger partial charge >= 0.3 is 5.97 Å². The van der Waals surface area contributed by atoms with Crippen molar-refractivity contribution in [3.63, 3.8) is 0 Å². The van der Waals surface area contributed by atoms with Gasteiger partial charge in [-0.15, -0.1) is 10.2 Å². The fourth-order valence-electron chi connectivity index (χ4n) is 2.24. The fraction of sp³-hybridized carbons (Fsp3) is 0.583. The second-order valence-corrected chi connectivity index (χ2v) is 5.15. The van der Waals surface area contributed by atoms with Gasteiger partial charge in [0.2, 0.25) is 0 Å². The average molecular weight is 251 g/mol. The summed E-state index contributed by atoms with van der Waals surface area (Å²) in [5.41, 5.74) is -0.288. The molecule has 0 spiro atoms. The van der Waals surface area contributed by atoms with Crippen LogP contribution in [0, 0.1) is 0 Å². The Morgan fingerprint density at radius 2 is 2.22 bits per heavy atom. The van der Waals surface area contributed by atoms with Crippen LogP contribution in [0.2, 0.25) is 0 Å². The summed E-state index contributed by atoms with van der Waals surface area (Å²) < 4.78 is 5.80. The Morgan fingerprint density at radius 3 is 2.72 bits per heavy atom. The zero-order chi connectivity index (χ0) is 13.3. The molecule has 1 aliphatic rings. The first kappa shape index (κ1) is 12.8. The normalized spacial score (nSPS) is 22.8. The minimum atomic E-state index is -1.07. The molecule has 0 aliphatic carbocycles. The van der Waals surface area contributed by atoms with Crippen molar-refractivity contribution in [1.82, 2.24) is 10.2 Å². The predicted octanol–water partition coefficient (Wildman–Crippen LogP) is 1.18. The van der Waals surface area contributed by atoms with Gasteiger partial charge < -0.3 is 14.7 Å². The Kier molecular flexibility index (Phi) is 3.21. The van der Waals surface area contributed by atoms with E-state index in [1.165, 1.54) is 6.07 Å². The molecule has 0 radical (unpaired) electrons. The molecule has 98 valence electrons. The number of hydrogen-bond acceptors (Lipinski definition) is 5. The van der Waals surface area contributed by atoms with Crippen molar-refractivity contribution in [2.45, 2.75) is 32.5 Å². The van der Waals surface area contributed by atoms with Crippen LogP contribution in [-0.2, 0) is 4.74 Å². The van der Waals surface area contributed by atoms with Gasteiger partial charge in [-0.1, -0.05) is 0 Å². The van der Waals surface area contributed by atoms with Crippen LogP contribution in [0.25, 0.3) is 0 Å². The third-order valence-electron chi connectivity index (χ3n) is 2.76. The molecule has 2 heterocycles. The highest BCUT2D eigenvalue weighted by Crippen LogP contribution is 2.24. The summed E-state index contributed by atoms with van der Waals surface area (Å²) in [4.78, 5) is 12.8. The maximum atomic E-state index is 10.7. The number of carbonyl (C=O) groups is 1. The van der Waals surface area contributed by atoms with E-state index >= 15 is 0 Å². The number of rotatable bonds is 2. The molecule has 0 saturated carbocycles. The molecule has 2 rings (SSSR count). The van der Waals surface area contributed by atoms with Crippen molar-refractivity contribution in [3.05, 3.63) is 17.8 Å². The number of carboxylic acids is 1. The molecule has 0 bridgehead atoms. The van der Waals surface area contributed by atoms with Crippen molar-refractivity contribution >= 4 is 11.8 Å². The van der Waals surface area contributed by atoms with Crippen molar-refractivity contribution in [1.29, 1.82) is 0 Å². The lowest BCUT2D eigenvalue weighted by molar-refractivity contribution is -0.0752. The maximum Gasteiger partial charge on any atom is 0.356 e. The van der Waals surface area contributed by atoms with E-state index in [0.29, 0.717) is 12.4 Å². The van der Waals surface area contributed by atoms with Gasteiger partial charge in [-0.2, -0.15) is 0 Å². The predicted molar refractivity (Wildman–Crippen MR) is 65.8 cm³/mol. The monoisotopic (exact) mass is 251 g/mol. The molecule has 0 amide bonds. The standard InChI is InChI=1S/C12H17N3O3/c1-8-6-15(7-12(2,3)18-8)10-5-4-9(11(16)17)13-14-10/h4-5,8H,6-7H2,1-3H3,(H,16,17). The van der Waals surface area contributed by atoms with E-state index in [9.17, 15) is 4.79 Å². The van der Waals surface area contributed by atoms with Gasteiger partial charge in [0.1, 0.15) is 0 Å². The van der Waals surface area contributed by atoms with Gasteiger partial charge in [-0.3, -0.25) is 0 Å². The Balaban J connectivity index is 2.18. The maximum absolute atomic E-state index is 10.7. The number of carboxylic acid groups (broad SMARTS) is 1. The van der Waals surface area contributed by atoms with Gasteiger partial charge in [0, 0.05) is 13.1 Å². The second-order valence-electron chi connectivity index (χ2n) is 5.15. The van der Waals surface area contributed by atoms with Crippen molar-refractivity contribution in [2.24, 2.45) is 0 Å². The zero-order valence-electron chi connectivity index (χ0n) is 10.8. The lowest BCUT2D eigenvalue weighted by Gasteiger charge is -2.42. The lowest BCUT2D eigenvalue weighted by atomic mass is 10.1. The van der Waals surface area contributed by atoms with Gasteiger partial charge in [-0.05, 0) is 32.9 Å². The van der Waals surface area contributed by atoms with E-state index in [1.54, 1.807) is 6.07 Å². The average Bonchev–Trinajstić information content (AvgIpc) is 2.26. The van der Waals surface area contributed by atoms with Gasteiger partial charge in [-0.25, -0.2) is 4.79 Å². The van der Waals surface area contributed by atoms with Crippen molar-refractivity contribution in [2.75, 3.05) is 18.0 Å². The van der Waals surface area contributed by atoms with Crippen LogP contribution in [0.3, 0.4) is 0 Å². The summed E-state index contributed by atoms with van der Waals surface area (Å²) in [7, 11) is 0. The summed E-state index contributed by atoms with van der Waals surface area (Å²) in [5, 5.41) is 16.4. The van der Waals surface area contributed by atoms with Crippen LogP contribution < -0.4 is 4.90 Å². The molecule has 1 aliphatic heterocycles. The SMILES string of the molecule is CC1CN(c2ccc(C(=O)O)nn2)CC(C)(C)O1. The van der Waals surface area contributed by atoms with E-state index in [4.69, 9.17) is 9.84 Å². The van der Waals surface area contributed by atoms with E-state index in [-0.39, 0.29) is 17.4 Å². The Labute approximate surface area is 106 Å². The smallest absolute Gasteiger partial charge is 0.356 e. The highest BCUT2D eigenvalue weighted by Gasteiger charge is 2.32. The van der Waals surface area contributed by atoms with Gasteiger partial charge in [0.25, 0.3) is 0 Å². The number of morpholine rings is 1. The third-order valence-corrected chi connectivity index (χ3v) is 2.76. The molecule has 6 nitrogen and oxygen atoms in total. The molecular formula is C12H17N3O3. The Bertz CT molecular complexity index is 444. The molecule has 1 aromatic rings. The fourth-order valence-corrected chi connectivity index (χ4v) is 2.24. The van der Waals surface area contributed by atoms with Crippen LogP contribution in [0.15, 0.2) is 12.1 Å². The first-order valence-electron chi connectivity index (χ1n) is 5.87. The van der Waals surface area contributed by atoms with E-state index < -0.39 is 5.97 Å². The number of hydrogen-bond donors (Lipinski definition) is 1. The first-order valence-corrected chi connectivity index (χ1v) is 5.87. The van der Waals surface area contributed by atoms with Gasteiger partial charge in [0.05, 0.1) is 11.7 Å². The molecule has 6 heteroatoms. The zero-order valence-corrected chi connectivity index (χ0v) is 10.8. The minimum absolute atomic E-state index is 0.0423. The molecule has 1 atom stereocenters. The van der Waals surface area contributed by atoms with Gasteiger partial charge in [0.15, 0.2) is 11.5 Å². The summed E-state index contributed by atoms with van der Waals surface area (Å²) in [6.45, 7) is 7.49. The molecule has 18 heavy (non-hydrogen) atoms. The molecule has 1 saturated heterocycles. The lowest BCUT2D eigenvalue weighted by Crippen LogP contribution is -2.52. The highest BCUT2D eigenvalue weighted by molar-refractivity contribution is 5.85. The molecule has 1 fully saturated rings. The molecular weight excluding hydrogens is 234 g/mol. The van der Waals surface area contributed by atoms with Crippen LogP contribution in [-0.4, -0.2) is 46.1 Å². The van der Waals surface area contributed by atoms with Crippen molar-refractivity contribution in [3.8, 4) is 0 Å². The molecule has 0 aromatic carbocycles. The molecule has 1 N–H and O–H groups in total. The second kappa shape index (κ2) is 4.53. The topological polar surface area (TPSA) is 75.6 Å². The van der Waals surface area contributed by atoms with Crippen LogP contribution in [0.1, 0.15) is 31.3 Å². The Hall–Kier alpha value is -1.69. The van der Waals surface area contributed by atoms with E-state index in [1.807, 2.05) is 20.8 Å². The summed E-state index contributed by atoms with van der Waals surface area (Å²) in [6, 6.07) is 3.16. The number of aromatic nitrogens is 2. The molecule has 1 aromatic heterocycles. The largest absolute Gasteiger partial charge is 0.476 e. The first-order chi connectivity index (χ1) is 8.37. The van der Waals surface area contributed by atoms with Crippen LogP contribution in [0.4, 0.5) is 5.82 Å². The summed E-state index contributed by atoms with van der Waals surface area (Å²) >= 11 is 0. The number of nitrogens with zero attached hydrogens (tertiary/aromatic N) is 3. The third kappa shape index (κ3) is 2.76. The van der Waals surface area contributed by atoms with E-state index in [0.717, 1.165) is 6.54 Å². The number of ether oxygens (including phenoxy) is 1. The number of aromatic carboxylic acids is 1. The highest BCUT2D eigenvalue weighted by atomic mass is 16.5. The quantitative estimate of drug-likeness (QED) is 0.850. The summed E-state index contributed by atoms with van der Waals surface area (Å²) in [6.07, 6.45) is 0.106. The number of anilines is 1. The van der Waals surface area contributed by atoms with Crippen LogP contribution >= 0.6 is 0 Å². The van der Waals surface area contributed by atoms with E-state index in [2.05, 4.69) is 15.1 Å². The summed E-state index contributed by atoms with van der Waals surface area (Å²) in [5.74, 6) is -0.382. The van der Waals surface area contributed by atoms with Crippen molar-refractivity contribution < 1.29 is 14.6 Å².